The molecule has 0 aliphatic carbocycles. The van der Waals surface area contributed by atoms with Crippen molar-refractivity contribution in [1.29, 1.82) is 0 Å². The lowest BCUT2D eigenvalue weighted by Crippen LogP contribution is -2.15. The molecule has 0 saturated heterocycles. The van der Waals surface area contributed by atoms with E-state index in [9.17, 15) is 14.0 Å². The van der Waals surface area contributed by atoms with Crippen molar-refractivity contribution in [3.05, 3.63) is 58.7 Å². The molecule has 0 fully saturated rings. The number of carboxylic acid groups (broad SMARTS) is 1. The van der Waals surface area contributed by atoms with Gasteiger partial charge >= 0.3 is 5.97 Å². The molecule has 0 radical (unpaired) electrons. The number of anilines is 1. The minimum atomic E-state index is -1.08. The molecule has 0 spiro atoms. The van der Waals surface area contributed by atoms with Gasteiger partial charge in [0.05, 0.1) is 11.1 Å². The number of aromatic carboxylic acids is 1. The molecule has 2 aromatic rings. The summed E-state index contributed by atoms with van der Waals surface area (Å²) in [6.07, 6.45) is 1.24. The van der Waals surface area contributed by atoms with Crippen molar-refractivity contribution in [2.24, 2.45) is 0 Å². The highest BCUT2D eigenvalue weighted by atomic mass is 19.1. The number of pyridine rings is 1. The number of halogens is 1. The van der Waals surface area contributed by atoms with Gasteiger partial charge in [0.25, 0.3) is 5.91 Å². The summed E-state index contributed by atoms with van der Waals surface area (Å²) in [6, 6.07) is 5.72. The number of hydrogen-bond acceptors (Lipinski definition) is 3. The van der Waals surface area contributed by atoms with Crippen LogP contribution in [0.3, 0.4) is 0 Å². The van der Waals surface area contributed by atoms with Crippen molar-refractivity contribution < 1.29 is 19.1 Å². The molecule has 2 N–H and O–H groups in total. The molecule has 1 amide bonds. The Labute approximate surface area is 120 Å². The summed E-state index contributed by atoms with van der Waals surface area (Å²) in [5.74, 6) is -2.64. The summed E-state index contributed by atoms with van der Waals surface area (Å²) in [5, 5.41) is 11.6. The Morgan fingerprint density at radius 2 is 1.95 bits per heavy atom. The van der Waals surface area contributed by atoms with Crippen LogP contribution < -0.4 is 5.32 Å². The zero-order valence-corrected chi connectivity index (χ0v) is 11.5. The molecule has 0 bridgehead atoms. The summed E-state index contributed by atoms with van der Waals surface area (Å²) in [7, 11) is 0. The molecule has 6 heteroatoms. The Morgan fingerprint density at radius 3 is 2.57 bits per heavy atom. The normalized spacial score (nSPS) is 10.2. The summed E-state index contributed by atoms with van der Waals surface area (Å²) in [4.78, 5) is 26.5. The van der Waals surface area contributed by atoms with E-state index < -0.39 is 17.8 Å². The standard InChI is InChI=1S/C15H13FN2O3/c1-8-6-10(7-12(9(8)2)15(20)21)18-14(19)11-4-3-5-17-13(11)16/h3-7H,1-2H3,(H,18,19)(H,20,21). The number of carbonyl (C=O) groups is 2. The molecule has 21 heavy (non-hydrogen) atoms. The summed E-state index contributed by atoms with van der Waals surface area (Å²) >= 11 is 0. The van der Waals surface area contributed by atoms with Crippen LogP contribution in [0.4, 0.5) is 10.1 Å². The Morgan fingerprint density at radius 1 is 1.24 bits per heavy atom. The first-order valence-corrected chi connectivity index (χ1v) is 6.16. The summed E-state index contributed by atoms with van der Waals surface area (Å²) < 4.78 is 13.4. The summed E-state index contributed by atoms with van der Waals surface area (Å²) in [6.45, 7) is 3.42. The van der Waals surface area contributed by atoms with Gasteiger partial charge in [-0.25, -0.2) is 9.78 Å². The molecule has 0 atom stereocenters. The number of carbonyl (C=O) groups excluding carboxylic acids is 1. The van der Waals surface area contributed by atoms with E-state index in [0.29, 0.717) is 11.3 Å². The fourth-order valence-electron chi connectivity index (χ4n) is 1.91. The van der Waals surface area contributed by atoms with E-state index in [-0.39, 0.29) is 11.1 Å². The molecule has 1 aromatic carbocycles. The lowest BCUT2D eigenvalue weighted by molar-refractivity contribution is 0.0695. The minimum absolute atomic E-state index is 0.0944. The Hall–Kier alpha value is -2.76. The molecule has 1 heterocycles. The van der Waals surface area contributed by atoms with Crippen molar-refractivity contribution in [2.45, 2.75) is 13.8 Å². The highest BCUT2D eigenvalue weighted by Gasteiger charge is 2.15. The van der Waals surface area contributed by atoms with Crippen LogP contribution >= 0.6 is 0 Å². The van der Waals surface area contributed by atoms with Gasteiger partial charge in [0, 0.05) is 11.9 Å². The molecule has 0 saturated carbocycles. The van der Waals surface area contributed by atoms with Crippen LogP contribution in [0.15, 0.2) is 30.5 Å². The number of aromatic nitrogens is 1. The van der Waals surface area contributed by atoms with Crippen LogP contribution in [0.25, 0.3) is 0 Å². The number of nitrogens with one attached hydrogen (secondary N) is 1. The van der Waals surface area contributed by atoms with E-state index >= 15 is 0 Å². The van der Waals surface area contributed by atoms with Gasteiger partial charge in [-0.2, -0.15) is 4.39 Å². The van der Waals surface area contributed by atoms with E-state index in [4.69, 9.17) is 5.11 Å². The number of nitrogens with zero attached hydrogens (tertiary/aromatic N) is 1. The second-order valence-electron chi connectivity index (χ2n) is 4.57. The maximum absolute atomic E-state index is 13.4. The maximum atomic E-state index is 13.4. The first-order chi connectivity index (χ1) is 9.90. The molecule has 0 aliphatic rings. The third-order valence-corrected chi connectivity index (χ3v) is 3.16. The van der Waals surface area contributed by atoms with Gasteiger partial charge in [0.1, 0.15) is 0 Å². The van der Waals surface area contributed by atoms with Crippen LogP contribution in [-0.4, -0.2) is 22.0 Å². The van der Waals surface area contributed by atoms with Crippen LogP contribution in [0, 0.1) is 19.8 Å². The van der Waals surface area contributed by atoms with Gasteiger partial charge in [0.2, 0.25) is 5.95 Å². The number of rotatable bonds is 3. The average molecular weight is 288 g/mol. The van der Waals surface area contributed by atoms with Gasteiger partial charge in [-0.3, -0.25) is 4.79 Å². The lowest BCUT2D eigenvalue weighted by Gasteiger charge is -2.10. The van der Waals surface area contributed by atoms with Crippen molar-refractivity contribution >= 4 is 17.6 Å². The van der Waals surface area contributed by atoms with E-state index in [0.717, 1.165) is 5.56 Å². The topological polar surface area (TPSA) is 79.3 Å². The monoisotopic (exact) mass is 288 g/mol. The number of benzene rings is 1. The first-order valence-electron chi connectivity index (χ1n) is 6.16. The second-order valence-corrected chi connectivity index (χ2v) is 4.57. The van der Waals surface area contributed by atoms with E-state index in [1.165, 1.54) is 24.4 Å². The van der Waals surface area contributed by atoms with Crippen molar-refractivity contribution in [1.82, 2.24) is 4.98 Å². The Balaban J connectivity index is 2.34. The first kappa shape index (κ1) is 14.6. The second kappa shape index (κ2) is 5.70. The van der Waals surface area contributed by atoms with Crippen molar-refractivity contribution in [3.63, 3.8) is 0 Å². The number of carboxylic acids is 1. The van der Waals surface area contributed by atoms with Gasteiger partial charge in [-0.15, -0.1) is 0 Å². The fourth-order valence-corrected chi connectivity index (χ4v) is 1.91. The van der Waals surface area contributed by atoms with Crippen molar-refractivity contribution in [2.75, 3.05) is 5.32 Å². The third kappa shape index (κ3) is 3.05. The van der Waals surface area contributed by atoms with Gasteiger partial charge < -0.3 is 10.4 Å². The smallest absolute Gasteiger partial charge is 0.336 e. The molecular formula is C15H13FN2O3. The zero-order valence-electron chi connectivity index (χ0n) is 11.5. The average Bonchev–Trinajstić information content (AvgIpc) is 2.42. The molecule has 0 unspecified atom stereocenters. The number of aryl methyl sites for hydroxylation is 1. The van der Waals surface area contributed by atoms with E-state index in [1.807, 2.05) is 0 Å². The lowest BCUT2D eigenvalue weighted by atomic mass is 10.0. The van der Waals surface area contributed by atoms with Crippen molar-refractivity contribution in [3.8, 4) is 0 Å². The van der Waals surface area contributed by atoms with Gasteiger partial charge in [-0.1, -0.05) is 0 Å². The highest BCUT2D eigenvalue weighted by molar-refractivity contribution is 6.05. The number of hydrogen-bond donors (Lipinski definition) is 2. The van der Waals surface area contributed by atoms with Crippen LogP contribution in [0.2, 0.25) is 0 Å². The quantitative estimate of drug-likeness (QED) is 0.851. The third-order valence-electron chi connectivity index (χ3n) is 3.16. The fraction of sp³-hybridized carbons (Fsp3) is 0.133. The molecule has 5 nitrogen and oxygen atoms in total. The maximum Gasteiger partial charge on any atom is 0.336 e. The number of amides is 1. The molecule has 108 valence electrons. The van der Waals surface area contributed by atoms with Gasteiger partial charge in [0.15, 0.2) is 0 Å². The molecular weight excluding hydrogens is 275 g/mol. The Bertz CT molecular complexity index is 729. The van der Waals surface area contributed by atoms with E-state index in [1.54, 1.807) is 19.9 Å². The Kier molecular flexibility index (Phi) is 3.98. The van der Waals surface area contributed by atoms with E-state index in [2.05, 4.69) is 10.3 Å². The molecule has 0 aliphatic heterocycles. The molecule has 2 rings (SSSR count). The largest absolute Gasteiger partial charge is 0.478 e. The zero-order chi connectivity index (χ0) is 15.6. The highest BCUT2D eigenvalue weighted by Crippen LogP contribution is 2.21. The molecule has 1 aromatic heterocycles. The van der Waals surface area contributed by atoms with Gasteiger partial charge in [-0.05, 0) is 49.2 Å². The van der Waals surface area contributed by atoms with Crippen LogP contribution in [0.1, 0.15) is 31.8 Å². The minimum Gasteiger partial charge on any atom is -0.478 e. The SMILES string of the molecule is Cc1cc(NC(=O)c2cccnc2F)cc(C(=O)O)c1C. The predicted octanol–water partition coefficient (Wildman–Crippen LogP) is 2.79. The van der Waals surface area contributed by atoms with Crippen LogP contribution in [-0.2, 0) is 0 Å². The predicted molar refractivity (Wildman–Crippen MR) is 75.0 cm³/mol. The van der Waals surface area contributed by atoms with Crippen LogP contribution in [0.5, 0.6) is 0 Å². The summed E-state index contributed by atoms with van der Waals surface area (Å²) in [5.41, 5.74) is 1.53.